The van der Waals surface area contributed by atoms with Crippen LogP contribution in [0.1, 0.15) is 52.4 Å². The van der Waals surface area contributed by atoms with Crippen LogP contribution in [-0.4, -0.2) is 90.6 Å². The highest BCUT2D eigenvalue weighted by molar-refractivity contribution is 9.10. The second-order valence-corrected chi connectivity index (χ2v) is 14.5. The maximum Gasteiger partial charge on any atom is 0.236 e. The fraction of sp³-hybridized carbons (Fsp3) is 0.950. The van der Waals surface area contributed by atoms with Crippen LogP contribution in [-0.2, 0) is 33.9 Å². The molecule has 0 unspecified atom stereocenters. The number of alkyl halides is 1. The number of nitrogens with one attached hydrogen (secondary N) is 1. The van der Waals surface area contributed by atoms with Crippen molar-refractivity contribution in [2.24, 2.45) is 5.73 Å². The number of sulfone groups is 2. The number of nitrogens with two attached hydrogens (primary N) is 1. The van der Waals surface area contributed by atoms with E-state index in [0.717, 1.165) is 25.7 Å². The van der Waals surface area contributed by atoms with E-state index in [1.807, 2.05) is 0 Å². The minimum atomic E-state index is -2.99. The summed E-state index contributed by atoms with van der Waals surface area (Å²) in [4.78, 5) is 11.5. The van der Waals surface area contributed by atoms with Gasteiger partial charge in [-0.1, -0.05) is 28.8 Å². The molecule has 0 saturated heterocycles. The summed E-state index contributed by atoms with van der Waals surface area (Å²) in [6, 6.07) is 0. The molecule has 0 aliphatic heterocycles. The highest BCUT2D eigenvalue weighted by atomic mass is 79.9. The third-order valence-corrected chi connectivity index (χ3v) is 8.07. The van der Waals surface area contributed by atoms with E-state index in [1.165, 1.54) is 14.2 Å². The molecule has 3 N–H and O–H groups in total. The second kappa shape index (κ2) is 19.1. The monoisotopic (exact) mass is 566 g/mol. The fourth-order valence-corrected chi connectivity index (χ4v) is 4.98. The lowest BCUT2D eigenvalue weighted by atomic mass is 10.2. The molecular weight excluding hydrogens is 524 g/mol. The first-order chi connectivity index (χ1) is 14.8. The van der Waals surface area contributed by atoms with Crippen LogP contribution < -0.4 is 11.1 Å². The average Bonchev–Trinajstić information content (AvgIpc) is 2.70. The molecule has 9 nitrogen and oxygen atoms in total. The van der Waals surface area contributed by atoms with E-state index in [9.17, 15) is 21.6 Å². The van der Waals surface area contributed by atoms with E-state index in [4.69, 9.17) is 15.2 Å². The smallest absolute Gasteiger partial charge is 0.236 e. The third kappa shape index (κ3) is 22.9. The zero-order chi connectivity index (χ0) is 25.1. The molecule has 0 rings (SSSR count). The number of hydrogen-bond donors (Lipinski definition) is 2. The molecule has 12 heteroatoms. The normalized spacial score (nSPS) is 12.2. The molecule has 0 heterocycles. The van der Waals surface area contributed by atoms with Gasteiger partial charge in [-0.15, -0.1) is 0 Å². The van der Waals surface area contributed by atoms with Gasteiger partial charge < -0.3 is 20.5 Å². The Labute approximate surface area is 203 Å². The maximum atomic E-state index is 11.5. The fourth-order valence-electron chi connectivity index (χ4n) is 2.30. The van der Waals surface area contributed by atoms with Crippen LogP contribution in [0.5, 0.6) is 0 Å². The minimum Gasteiger partial charge on any atom is -0.384 e. The Hall–Kier alpha value is -0.270. The third-order valence-electron chi connectivity index (χ3n) is 4.31. The van der Waals surface area contributed by atoms with Crippen molar-refractivity contribution in [1.29, 1.82) is 0 Å². The van der Waals surface area contributed by atoms with Crippen molar-refractivity contribution in [3.63, 3.8) is 0 Å². The summed E-state index contributed by atoms with van der Waals surface area (Å²) >= 11 is 3.27. The van der Waals surface area contributed by atoms with E-state index in [0.29, 0.717) is 32.5 Å². The second-order valence-electron chi connectivity index (χ2n) is 7.93. The Morgan fingerprint density at radius 2 is 1.25 bits per heavy atom. The number of amides is 1. The lowest BCUT2D eigenvalue weighted by molar-refractivity contribution is -0.122. The number of rotatable bonds is 18. The van der Waals surface area contributed by atoms with Crippen LogP contribution in [0, 0.1) is 0 Å². The zero-order valence-electron chi connectivity index (χ0n) is 20.0. The predicted octanol–water partition coefficient (Wildman–Crippen LogP) is 1.68. The van der Waals surface area contributed by atoms with Crippen LogP contribution in [0.25, 0.3) is 0 Å². The molecule has 0 fully saturated rings. The maximum absolute atomic E-state index is 11.5. The summed E-state index contributed by atoms with van der Waals surface area (Å²) in [5.74, 6) is 0.606. The molecular formula is C20H43BrN2O7S2. The van der Waals surface area contributed by atoms with Crippen molar-refractivity contribution in [2.45, 2.75) is 56.7 Å². The van der Waals surface area contributed by atoms with Gasteiger partial charge in [0.05, 0.1) is 40.5 Å². The highest BCUT2D eigenvalue weighted by Gasteiger charge is 2.22. The summed E-state index contributed by atoms with van der Waals surface area (Å²) in [6.45, 7) is 5.32. The topological polar surface area (TPSA) is 142 Å². The van der Waals surface area contributed by atoms with Crippen LogP contribution in [0.15, 0.2) is 0 Å². The predicted molar refractivity (Wildman–Crippen MR) is 134 cm³/mol. The van der Waals surface area contributed by atoms with Gasteiger partial charge in [-0.2, -0.15) is 0 Å². The number of ether oxygens (including phenoxy) is 2. The SMILES string of the molecule is COCCS(=O)(=O)CCCCCN.COCCS(=O)(=O)CCCCCNC(=O)C(C)(C)Br. The quantitative estimate of drug-likeness (QED) is 0.188. The molecule has 32 heavy (non-hydrogen) atoms. The first-order valence-electron chi connectivity index (χ1n) is 10.9. The van der Waals surface area contributed by atoms with Crippen LogP contribution >= 0.6 is 15.9 Å². The lowest BCUT2D eigenvalue weighted by Gasteiger charge is -2.15. The number of unbranched alkanes of at least 4 members (excludes halogenated alkanes) is 4. The van der Waals surface area contributed by atoms with Gasteiger partial charge in [0.2, 0.25) is 5.91 Å². The largest absolute Gasteiger partial charge is 0.384 e. The van der Waals surface area contributed by atoms with Gasteiger partial charge in [-0.3, -0.25) is 4.79 Å². The number of halogens is 1. The lowest BCUT2D eigenvalue weighted by Crippen LogP contribution is -2.37. The molecule has 0 spiro atoms. The Balaban J connectivity index is 0. The van der Waals surface area contributed by atoms with E-state index >= 15 is 0 Å². The Morgan fingerprint density at radius 1 is 0.812 bits per heavy atom. The van der Waals surface area contributed by atoms with Crippen molar-refractivity contribution in [3.05, 3.63) is 0 Å². The number of methoxy groups -OCH3 is 2. The van der Waals surface area contributed by atoms with Gasteiger partial charge in [-0.05, 0) is 46.1 Å². The summed E-state index contributed by atoms with van der Waals surface area (Å²) in [6.07, 6.45) is 4.70. The average molecular weight is 568 g/mol. The van der Waals surface area contributed by atoms with Crippen LogP contribution in [0.4, 0.5) is 0 Å². The van der Waals surface area contributed by atoms with E-state index in [1.54, 1.807) is 13.8 Å². The molecule has 0 aliphatic rings. The first-order valence-corrected chi connectivity index (χ1v) is 15.3. The van der Waals surface area contributed by atoms with Crippen molar-refractivity contribution in [1.82, 2.24) is 5.32 Å². The van der Waals surface area contributed by atoms with Gasteiger partial charge in [0, 0.05) is 20.8 Å². The van der Waals surface area contributed by atoms with Crippen LogP contribution in [0.2, 0.25) is 0 Å². The number of carbonyl (C=O) groups is 1. The summed E-state index contributed by atoms with van der Waals surface area (Å²) in [5, 5.41) is 2.80. The molecule has 0 bridgehead atoms. The van der Waals surface area contributed by atoms with Gasteiger partial charge in [0.15, 0.2) is 19.7 Å². The van der Waals surface area contributed by atoms with Gasteiger partial charge >= 0.3 is 0 Å². The standard InChI is InChI=1S/C12H24BrNO4S.C8H19NO3S/c1-12(2,13)11(15)14-7-5-4-6-9-19(16,17)10-8-18-3;1-12-6-8-13(10,11)7-4-2-3-5-9/h4-10H2,1-3H3,(H,14,15);2-9H2,1H3. The van der Waals surface area contributed by atoms with Crippen molar-refractivity contribution in [2.75, 3.05) is 63.5 Å². The zero-order valence-corrected chi connectivity index (χ0v) is 23.2. The molecule has 0 aromatic rings. The summed E-state index contributed by atoms with van der Waals surface area (Å²) in [5.41, 5.74) is 5.29. The Kier molecular flexibility index (Phi) is 20.2. The van der Waals surface area contributed by atoms with E-state index in [2.05, 4.69) is 21.2 Å². The van der Waals surface area contributed by atoms with E-state index < -0.39 is 24.0 Å². The van der Waals surface area contributed by atoms with Gasteiger partial charge in [-0.25, -0.2) is 16.8 Å². The van der Waals surface area contributed by atoms with Crippen molar-refractivity contribution in [3.8, 4) is 0 Å². The summed E-state index contributed by atoms with van der Waals surface area (Å²) < 4.78 is 54.4. The highest BCUT2D eigenvalue weighted by Crippen LogP contribution is 2.15. The molecule has 0 atom stereocenters. The van der Waals surface area contributed by atoms with E-state index in [-0.39, 0.29) is 35.5 Å². The molecule has 0 aromatic carbocycles. The molecule has 0 saturated carbocycles. The van der Waals surface area contributed by atoms with Crippen molar-refractivity contribution >= 4 is 41.5 Å². The Morgan fingerprint density at radius 3 is 1.62 bits per heavy atom. The number of hydrogen-bond acceptors (Lipinski definition) is 8. The number of carbonyl (C=O) groups excluding carboxylic acids is 1. The van der Waals surface area contributed by atoms with Gasteiger partial charge in [0.25, 0.3) is 0 Å². The van der Waals surface area contributed by atoms with Crippen LogP contribution in [0.3, 0.4) is 0 Å². The minimum absolute atomic E-state index is 0.0554. The Bertz CT molecular complexity index is 679. The summed E-state index contributed by atoms with van der Waals surface area (Å²) in [7, 11) is -2.89. The molecule has 0 aromatic heterocycles. The first kappa shape index (κ1) is 33.9. The molecule has 0 radical (unpaired) electrons. The molecule has 194 valence electrons. The molecule has 1 amide bonds. The van der Waals surface area contributed by atoms with Gasteiger partial charge in [0.1, 0.15) is 0 Å². The molecule has 0 aliphatic carbocycles. The van der Waals surface area contributed by atoms with Crippen molar-refractivity contribution < 1.29 is 31.1 Å².